The molecule has 4 rings (SSSR count). The van der Waals surface area contributed by atoms with E-state index in [4.69, 9.17) is 4.74 Å². The van der Waals surface area contributed by atoms with Crippen LogP contribution in [0.5, 0.6) is 5.75 Å². The summed E-state index contributed by atoms with van der Waals surface area (Å²) in [6, 6.07) is 12.0. The van der Waals surface area contributed by atoms with Crippen LogP contribution in [0.3, 0.4) is 0 Å². The van der Waals surface area contributed by atoms with E-state index < -0.39 is 18.0 Å². The van der Waals surface area contributed by atoms with Gasteiger partial charge < -0.3 is 25.0 Å². The van der Waals surface area contributed by atoms with Gasteiger partial charge in [-0.3, -0.25) is 0 Å². The number of urea groups is 1. The number of aryl methyl sites for hydroxylation is 1. The Hall–Kier alpha value is -3.81. The summed E-state index contributed by atoms with van der Waals surface area (Å²) in [5.41, 5.74) is 2.10. The zero-order chi connectivity index (χ0) is 21.1. The summed E-state index contributed by atoms with van der Waals surface area (Å²) in [7, 11) is 0. The number of carbonyl (C=O) groups is 2. The molecule has 3 N–H and O–H groups in total. The molecule has 1 aliphatic rings. The number of benzene rings is 1. The summed E-state index contributed by atoms with van der Waals surface area (Å²) < 4.78 is 7.91. The summed E-state index contributed by atoms with van der Waals surface area (Å²) in [4.78, 5) is 27.8. The number of amides is 2. The molecule has 1 aromatic carbocycles. The molecule has 3 aromatic rings. The van der Waals surface area contributed by atoms with Gasteiger partial charge in [-0.2, -0.15) is 0 Å². The third-order valence-electron chi connectivity index (χ3n) is 5.05. The average Bonchev–Trinajstić information content (AvgIpc) is 3.14. The first-order valence-electron chi connectivity index (χ1n) is 9.67. The molecule has 2 aromatic heterocycles. The van der Waals surface area contributed by atoms with E-state index in [0.29, 0.717) is 23.6 Å². The second-order valence-electron chi connectivity index (χ2n) is 7.07. The Labute approximate surface area is 173 Å². The number of hydrogen-bond donors (Lipinski definition) is 3. The molecule has 0 saturated carbocycles. The molecule has 1 unspecified atom stereocenters. The molecule has 0 spiro atoms. The number of aliphatic carboxylic acids is 1. The first-order valence-corrected chi connectivity index (χ1v) is 9.67. The Morgan fingerprint density at radius 2 is 2.03 bits per heavy atom. The van der Waals surface area contributed by atoms with Gasteiger partial charge in [-0.1, -0.05) is 12.1 Å². The Morgan fingerprint density at radius 1 is 1.23 bits per heavy atom. The van der Waals surface area contributed by atoms with Gasteiger partial charge in [0.05, 0.1) is 18.2 Å². The highest BCUT2D eigenvalue weighted by atomic mass is 16.5. The monoisotopic (exact) mass is 406 g/mol. The lowest BCUT2D eigenvalue weighted by Crippen LogP contribution is -2.45. The summed E-state index contributed by atoms with van der Waals surface area (Å²) in [6.45, 7) is 2.91. The largest absolute Gasteiger partial charge is 0.494 e. The second-order valence-corrected chi connectivity index (χ2v) is 7.07. The smallest absolute Gasteiger partial charge is 0.335 e. The van der Waals surface area contributed by atoms with Gasteiger partial charge in [-0.05, 0) is 49.2 Å². The van der Waals surface area contributed by atoms with Gasteiger partial charge >= 0.3 is 12.0 Å². The normalized spacial score (nSPS) is 16.3. The molecule has 0 saturated heterocycles. The first-order chi connectivity index (χ1) is 14.5. The molecule has 154 valence electrons. The summed E-state index contributed by atoms with van der Waals surface area (Å²) in [5, 5.41) is 15.8. The third kappa shape index (κ3) is 3.98. The maximum absolute atomic E-state index is 11.8. The van der Waals surface area contributed by atoms with Crippen molar-refractivity contribution in [2.45, 2.75) is 25.9 Å². The number of fused-ring (bicyclic) bond motifs is 1. The molecule has 2 amide bonds. The van der Waals surface area contributed by atoms with Crippen LogP contribution < -0.4 is 15.4 Å². The van der Waals surface area contributed by atoms with E-state index in [9.17, 15) is 14.7 Å². The van der Waals surface area contributed by atoms with E-state index in [1.54, 1.807) is 37.4 Å². The van der Waals surface area contributed by atoms with Gasteiger partial charge in [0.15, 0.2) is 0 Å². The van der Waals surface area contributed by atoms with Gasteiger partial charge in [0.2, 0.25) is 0 Å². The van der Waals surface area contributed by atoms with E-state index in [-0.39, 0.29) is 5.57 Å². The van der Waals surface area contributed by atoms with Crippen molar-refractivity contribution in [2.24, 2.45) is 0 Å². The van der Waals surface area contributed by atoms with Crippen LogP contribution in [-0.4, -0.2) is 33.3 Å². The number of pyridine rings is 1. The number of rotatable bonds is 7. The van der Waals surface area contributed by atoms with Crippen LogP contribution in [0.2, 0.25) is 0 Å². The number of nitrogens with zero attached hydrogens (tertiary/aromatic N) is 2. The molecular weight excluding hydrogens is 384 g/mol. The lowest BCUT2D eigenvalue weighted by molar-refractivity contribution is -0.133. The van der Waals surface area contributed by atoms with E-state index >= 15 is 0 Å². The van der Waals surface area contributed by atoms with Gasteiger partial charge in [0.25, 0.3) is 0 Å². The Kier molecular flexibility index (Phi) is 5.38. The highest BCUT2D eigenvalue weighted by Crippen LogP contribution is 2.28. The molecule has 8 nitrogen and oxygen atoms in total. The van der Waals surface area contributed by atoms with Crippen molar-refractivity contribution in [3.05, 3.63) is 71.7 Å². The van der Waals surface area contributed by atoms with E-state index in [2.05, 4.69) is 20.2 Å². The van der Waals surface area contributed by atoms with Crippen LogP contribution in [0.25, 0.3) is 11.0 Å². The van der Waals surface area contributed by atoms with Crippen molar-refractivity contribution in [1.82, 2.24) is 20.2 Å². The highest BCUT2D eigenvalue weighted by molar-refractivity contribution is 5.93. The van der Waals surface area contributed by atoms with Crippen molar-refractivity contribution in [3.63, 3.8) is 0 Å². The van der Waals surface area contributed by atoms with E-state index in [1.165, 1.54) is 0 Å². The second kappa shape index (κ2) is 8.28. The maximum atomic E-state index is 11.8. The van der Waals surface area contributed by atoms with Crippen molar-refractivity contribution < 1.29 is 19.4 Å². The lowest BCUT2D eigenvalue weighted by atomic mass is 9.95. The predicted octanol–water partition coefficient (Wildman–Crippen LogP) is 3.22. The van der Waals surface area contributed by atoms with Crippen molar-refractivity contribution in [1.29, 1.82) is 0 Å². The van der Waals surface area contributed by atoms with Crippen molar-refractivity contribution in [3.8, 4) is 5.75 Å². The van der Waals surface area contributed by atoms with Gasteiger partial charge in [0.1, 0.15) is 11.4 Å². The molecule has 0 aliphatic carbocycles. The van der Waals surface area contributed by atoms with Crippen LogP contribution >= 0.6 is 0 Å². The third-order valence-corrected chi connectivity index (χ3v) is 5.05. The zero-order valence-corrected chi connectivity index (χ0v) is 16.5. The summed E-state index contributed by atoms with van der Waals surface area (Å²) in [6.07, 6.45) is 4.63. The number of ether oxygens (including phenoxy) is 1. The van der Waals surface area contributed by atoms with Crippen molar-refractivity contribution in [2.75, 3.05) is 6.61 Å². The number of aromatic nitrogens is 2. The summed E-state index contributed by atoms with van der Waals surface area (Å²) >= 11 is 0. The average molecular weight is 406 g/mol. The topological polar surface area (TPSA) is 105 Å². The first kappa shape index (κ1) is 19.5. The van der Waals surface area contributed by atoms with Gasteiger partial charge in [-0.15, -0.1) is 0 Å². The SMILES string of the molecule is CC1=C(C(=O)O)C(c2ccc(OCCCn3ccc4cccnc43)cc2)NC(=O)N1. The number of carbonyl (C=O) groups excluding carboxylic acids is 1. The molecule has 0 bridgehead atoms. The van der Waals surface area contributed by atoms with E-state index in [0.717, 1.165) is 24.0 Å². The van der Waals surface area contributed by atoms with Gasteiger partial charge in [-0.25, -0.2) is 14.6 Å². The number of carboxylic acid groups (broad SMARTS) is 1. The Bertz CT molecular complexity index is 1120. The lowest BCUT2D eigenvalue weighted by Gasteiger charge is -2.27. The molecule has 30 heavy (non-hydrogen) atoms. The molecule has 1 aliphatic heterocycles. The minimum absolute atomic E-state index is 0.121. The zero-order valence-electron chi connectivity index (χ0n) is 16.5. The molecular formula is C22H22N4O4. The molecule has 1 atom stereocenters. The van der Waals surface area contributed by atoms with Crippen LogP contribution in [0.15, 0.2) is 66.1 Å². The number of carboxylic acids is 1. The minimum atomic E-state index is -1.07. The van der Waals surface area contributed by atoms with Crippen molar-refractivity contribution >= 4 is 23.0 Å². The minimum Gasteiger partial charge on any atom is -0.494 e. The maximum Gasteiger partial charge on any atom is 0.335 e. The van der Waals surface area contributed by atoms with Crippen LogP contribution in [0.4, 0.5) is 4.79 Å². The molecule has 0 radical (unpaired) electrons. The number of nitrogens with one attached hydrogen (secondary N) is 2. The van der Waals surface area contributed by atoms with Gasteiger partial charge in [0, 0.05) is 30.0 Å². The Morgan fingerprint density at radius 3 is 2.80 bits per heavy atom. The summed E-state index contributed by atoms with van der Waals surface area (Å²) in [5.74, 6) is -0.385. The molecule has 0 fully saturated rings. The fourth-order valence-corrected chi connectivity index (χ4v) is 3.61. The molecule has 8 heteroatoms. The Balaban J connectivity index is 1.36. The molecule has 3 heterocycles. The van der Waals surface area contributed by atoms with Crippen LogP contribution in [-0.2, 0) is 11.3 Å². The standard InChI is InChI=1S/C22H22N4O4/c1-14-18(21(27)28)19(25-22(29)24-14)15-5-7-17(8-6-15)30-13-3-11-26-12-9-16-4-2-10-23-20(16)26/h2,4-10,12,19H,3,11,13H2,1H3,(H,27,28)(H2,24,25,29). The predicted molar refractivity (Wildman–Crippen MR) is 111 cm³/mol. The quantitative estimate of drug-likeness (QED) is 0.523. The van der Waals surface area contributed by atoms with Crippen LogP contribution in [0.1, 0.15) is 24.9 Å². The van der Waals surface area contributed by atoms with Crippen LogP contribution in [0, 0.1) is 0 Å². The number of hydrogen-bond acceptors (Lipinski definition) is 4. The van der Waals surface area contributed by atoms with E-state index in [1.807, 2.05) is 24.4 Å². The fraction of sp³-hybridized carbons (Fsp3) is 0.227. The fourth-order valence-electron chi connectivity index (χ4n) is 3.61. The number of allylic oxidation sites excluding steroid dienone is 1. The highest BCUT2D eigenvalue weighted by Gasteiger charge is 2.30.